The predicted molar refractivity (Wildman–Crippen MR) is 45.7 cm³/mol. The van der Waals surface area contributed by atoms with Crippen LogP contribution in [0.4, 0.5) is 0 Å². The third-order valence-corrected chi connectivity index (χ3v) is 2.11. The van der Waals surface area contributed by atoms with Gasteiger partial charge in [-0.1, -0.05) is 0 Å². The molecule has 0 saturated heterocycles. The third-order valence-electron chi connectivity index (χ3n) is 2.11. The number of carbonyl (C=O) groups excluding carboxylic acids is 1. The summed E-state index contributed by atoms with van der Waals surface area (Å²) in [6, 6.07) is 0.371. The lowest BCUT2D eigenvalue weighted by Gasteiger charge is -2.24. The topological polar surface area (TPSA) is 52.1 Å². The van der Waals surface area contributed by atoms with Crippen molar-refractivity contribution in [2.75, 3.05) is 0 Å². The monoisotopic (exact) mass is 178 g/mol. The van der Waals surface area contributed by atoms with Gasteiger partial charge in [-0.25, -0.2) is 9.97 Å². The molecule has 0 N–H and O–H groups in total. The Bertz CT molecular complexity index is 293. The number of nitrogens with zero attached hydrogens (tertiary/aromatic N) is 2. The fourth-order valence-electron chi connectivity index (χ4n) is 1.09. The van der Waals surface area contributed by atoms with E-state index in [0.29, 0.717) is 17.9 Å². The van der Waals surface area contributed by atoms with Crippen molar-refractivity contribution < 1.29 is 9.53 Å². The number of hydrogen-bond donors (Lipinski definition) is 0. The smallest absolute Gasteiger partial charge is 0.316 e. The van der Waals surface area contributed by atoms with Gasteiger partial charge in [0.2, 0.25) is 0 Å². The molecule has 0 bridgehead atoms. The highest BCUT2D eigenvalue weighted by Gasteiger charge is 2.19. The van der Waals surface area contributed by atoms with Gasteiger partial charge in [0, 0.05) is 12.4 Å². The molecule has 13 heavy (non-hydrogen) atoms. The van der Waals surface area contributed by atoms with Crippen molar-refractivity contribution in [3.8, 4) is 6.01 Å². The van der Waals surface area contributed by atoms with E-state index in [4.69, 9.17) is 4.74 Å². The van der Waals surface area contributed by atoms with E-state index < -0.39 is 0 Å². The molecule has 1 aromatic heterocycles. The fourth-order valence-corrected chi connectivity index (χ4v) is 1.09. The maximum absolute atomic E-state index is 10.3. The van der Waals surface area contributed by atoms with Crippen LogP contribution in [-0.4, -0.2) is 22.4 Å². The van der Waals surface area contributed by atoms with E-state index in [0.717, 1.165) is 12.8 Å². The highest BCUT2D eigenvalue weighted by molar-refractivity contribution is 5.73. The van der Waals surface area contributed by atoms with Gasteiger partial charge in [-0.15, -0.1) is 0 Å². The molecule has 2 rings (SSSR count). The Morgan fingerprint density at radius 2 is 2.08 bits per heavy atom. The van der Waals surface area contributed by atoms with Crippen LogP contribution in [0, 0.1) is 0 Å². The van der Waals surface area contributed by atoms with Crippen LogP contribution in [0.1, 0.15) is 29.6 Å². The molecule has 1 aromatic rings. The van der Waals surface area contributed by atoms with E-state index in [2.05, 4.69) is 9.97 Å². The minimum absolute atomic E-state index is 0.280. The summed E-state index contributed by atoms with van der Waals surface area (Å²) in [5, 5.41) is 0. The second-order valence-corrected chi connectivity index (χ2v) is 3.09. The van der Waals surface area contributed by atoms with E-state index in [-0.39, 0.29) is 6.10 Å². The number of rotatable bonds is 3. The first-order valence-corrected chi connectivity index (χ1v) is 4.32. The SMILES string of the molecule is O=Cc1cnc(OC2CCC2)nc1. The summed E-state index contributed by atoms with van der Waals surface area (Å²) in [5.74, 6) is 0. The van der Waals surface area contributed by atoms with Gasteiger partial charge in [0.1, 0.15) is 6.10 Å². The van der Waals surface area contributed by atoms with E-state index in [1.165, 1.54) is 18.8 Å². The lowest BCUT2D eigenvalue weighted by atomic mass is 9.96. The van der Waals surface area contributed by atoms with Gasteiger partial charge < -0.3 is 4.74 Å². The Morgan fingerprint density at radius 3 is 2.54 bits per heavy atom. The van der Waals surface area contributed by atoms with Crippen molar-refractivity contribution in [1.29, 1.82) is 0 Å². The van der Waals surface area contributed by atoms with Gasteiger partial charge in [0.15, 0.2) is 6.29 Å². The highest BCUT2D eigenvalue weighted by Crippen LogP contribution is 2.22. The number of aromatic nitrogens is 2. The molecule has 1 aliphatic rings. The first-order valence-electron chi connectivity index (χ1n) is 4.32. The lowest BCUT2D eigenvalue weighted by Crippen LogP contribution is -2.25. The van der Waals surface area contributed by atoms with Gasteiger partial charge in [0.25, 0.3) is 0 Å². The van der Waals surface area contributed by atoms with Gasteiger partial charge in [0.05, 0.1) is 5.56 Å². The first kappa shape index (κ1) is 8.16. The van der Waals surface area contributed by atoms with Crippen LogP contribution in [0.25, 0.3) is 0 Å². The maximum atomic E-state index is 10.3. The summed E-state index contributed by atoms with van der Waals surface area (Å²) in [4.78, 5) is 18.1. The van der Waals surface area contributed by atoms with Crippen LogP contribution in [0.2, 0.25) is 0 Å². The molecule has 0 unspecified atom stereocenters. The second-order valence-electron chi connectivity index (χ2n) is 3.09. The molecule has 1 heterocycles. The summed E-state index contributed by atoms with van der Waals surface area (Å²) >= 11 is 0. The van der Waals surface area contributed by atoms with Gasteiger partial charge in [-0.05, 0) is 19.3 Å². The zero-order valence-electron chi connectivity index (χ0n) is 7.14. The molecule has 0 spiro atoms. The Hall–Kier alpha value is -1.45. The molecule has 0 atom stereocenters. The molecule has 0 amide bonds. The van der Waals surface area contributed by atoms with Crippen LogP contribution in [-0.2, 0) is 0 Å². The number of hydrogen-bond acceptors (Lipinski definition) is 4. The van der Waals surface area contributed by atoms with Crippen molar-refractivity contribution in [2.24, 2.45) is 0 Å². The van der Waals surface area contributed by atoms with Crippen LogP contribution in [0.15, 0.2) is 12.4 Å². The van der Waals surface area contributed by atoms with Crippen LogP contribution in [0.3, 0.4) is 0 Å². The third kappa shape index (κ3) is 1.83. The molecule has 0 aliphatic heterocycles. The summed E-state index contributed by atoms with van der Waals surface area (Å²) in [5.41, 5.74) is 0.473. The fraction of sp³-hybridized carbons (Fsp3) is 0.444. The van der Waals surface area contributed by atoms with Crippen LogP contribution >= 0.6 is 0 Å². The average molecular weight is 178 g/mol. The molecule has 1 saturated carbocycles. The highest BCUT2D eigenvalue weighted by atomic mass is 16.5. The van der Waals surface area contributed by atoms with Crippen molar-refractivity contribution in [1.82, 2.24) is 9.97 Å². The number of carbonyl (C=O) groups is 1. The molecule has 68 valence electrons. The molecule has 1 aliphatic carbocycles. The van der Waals surface area contributed by atoms with E-state index in [1.807, 2.05) is 0 Å². The molecule has 4 nitrogen and oxygen atoms in total. The average Bonchev–Trinajstić information content (AvgIpc) is 2.12. The number of aldehydes is 1. The Kier molecular flexibility index (Phi) is 2.21. The molecule has 4 heteroatoms. The quantitative estimate of drug-likeness (QED) is 0.653. The predicted octanol–water partition coefficient (Wildman–Crippen LogP) is 1.22. The molecule has 0 radical (unpaired) electrons. The largest absolute Gasteiger partial charge is 0.460 e. The molecule has 1 fully saturated rings. The number of ether oxygens (including phenoxy) is 1. The van der Waals surface area contributed by atoms with Crippen molar-refractivity contribution >= 4 is 6.29 Å². The minimum Gasteiger partial charge on any atom is -0.460 e. The zero-order chi connectivity index (χ0) is 9.10. The van der Waals surface area contributed by atoms with Gasteiger partial charge in [-0.3, -0.25) is 4.79 Å². The Morgan fingerprint density at radius 1 is 1.38 bits per heavy atom. The normalized spacial score (nSPS) is 16.3. The summed E-state index contributed by atoms with van der Waals surface area (Å²) in [6.45, 7) is 0. The van der Waals surface area contributed by atoms with Crippen LogP contribution in [0.5, 0.6) is 6.01 Å². The Balaban J connectivity index is 2.00. The maximum Gasteiger partial charge on any atom is 0.316 e. The zero-order valence-corrected chi connectivity index (χ0v) is 7.14. The summed E-state index contributed by atoms with van der Waals surface area (Å²) < 4.78 is 5.41. The van der Waals surface area contributed by atoms with Crippen molar-refractivity contribution in [2.45, 2.75) is 25.4 Å². The van der Waals surface area contributed by atoms with Crippen molar-refractivity contribution in [3.05, 3.63) is 18.0 Å². The van der Waals surface area contributed by atoms with E-state index in [9.17, 15) is 4.79 Å². The van der Waals surface area contributed by atoms with Crippen molar-refractivity contribution in [3.63, 3.8) is 0 Å². The molecular weight excluding hydrogens is 168 g/mol. The Labute approximate surface area is 76.0 Å². The van der Waals surface area contributed by atoms with E-state index >= 15 is 0 Å². The van der Waals surface area contributed by atoms with E-state index in [1.54, 1.807) is 0 Å². The minimum atomic E-state index is 0.280. The van der Waals surface area contributed by atoms with Crippen LogP contribution < -0.4 is 4.74 Å². The summed E-state index contributed by atoms with van der Waals surface area (Å²) in [7, 11) is 0. The second kappa shape index (κ2) is 3.51. The summed E-state index contributed by atoms with van der Waals surface area (Å²) in [6.07, 6.45) is 7.31. The van der Waals surface area contributed by atoms with Gasteiger partial charge in [-0.2, -0.15) is 0 Å². The molecule has 0 aromatic carbocycles. The molecular formula is C9H10N2O2. The lowest BCUT2D eigenvalue weighted by molar-refractivity contribution is 0.108. The van der Waals surface area contributed by atoms with Gasteiger partial charge >= 0.3 is 6.01 Å². The first-order chi connectivity index (χ1) is 6.38. The standard InChI is InChI=1S/C9H10N2O2/c12-6-7-4-10-9(11-5-7)13-8-2-1-3-8/h4-6,8H,1-3H2.